The van der Waals surface area contributed by atoms with E-state index >= 15 is 0 Å². The lowest BCUT2D eigenvalue weighted by molar-refractivity contribution is 0.180. The van der Waals surface area contributed by atoms with Crippen LogP contribution in [0.2, 0.25) is 0 Å². The zero-order chi connectivity index (χ0) is 18.1. The first kappa shape index (κ1) is 16.1. The van der Waals surface area contributed by atoms with Gasteiger partial charge in [0.05, 0.1) is 6.04 Å². The van der Waals surface area contributed by atoms with Crippen LogP contribution in [0.4, 0.5) is 10.6 Å². The number of hydrogen-bond acceptors (Lipinski definition) is 4. The zero-order valence-corrected chi connectivity index (χ0v) is 14.1. The number of rotatable bonds is 1. The maximum atomic E-state index is 13.1. The van der Waals surface area contributed by atoms with Crippen LogP contribution in [0.25, 0.3) is 0 Å². The molecule has 130 valence electrons. The molecule has 2 heterocycles. The summed E-state index contributed by atoms with van der Waals surface area (Å²) in [5.41, 5.74) is 8.17. The third kappa shape index (κ3) is 2.75. The molecular weight excluding hydrogens is 328 g/mol. The van der Waals surface area contributed by atoms with Gasteiger partial charge >= 0.3 is 11.7 Å². The number of carbonyl (C=O) groups is 1. The van der Waals surface area contributed by atoms with Gasteiger partial charge in [0.1, 0.15) is 5.82 Å². The molecule has 0 aliphatic carbocycles. The summed E-state index contributed by atoms with van der Waals surface area (Å²) in [6, 6.07) is 18.7. The van der Waals surface area contributed by atoms with Crippen molar-refractivity contribution in [1.29, 1.82) is 0 Å². The van der Waals surface area contributed by atoms with Crippen LogP contribution in [-0.2, 0) is 6.42 Å². The van der Waals surface area contributed by atoms with Gasteiger partial charge in [0.25, 0.3) is 0 Å². The SMILES string of the molecule is Nc1ccn(C(=O)N2CCc3ccccc3[C@@H]2c2ccccc2)c(=O)n1. The Hall–Kier alpha value is -3.41. The minimum Gasteiger partial charge on any atom is -0.383 e. The van der Waals surface area contributed by atoms with Crippen molar-refractivity contribution in [3.05, 3.63) is 94.0 Å². The van der Waals surface area contributed by atoms with E-state index < -0.39 is 11.7 Å². The summed E-state index contributed by atoms with van der Waals surface area (Å²) in [7, 11) is 0. The number of aromatic nitrogens is 2. The number of nitrogen functional groups attached to an aromatic ring is 1. The van der Waals surface area contributed by atoms with E-state index in [-0.39, 0.29) is 11.9 Å². The fraction of sp³-hybridized carbons (Fsp3) is 0.150. The minimum absolute atomic E-state index is 0.0997. The highest BCUT2D eigenvalue weighted by Gasteiger charge is 2.32. The summed E-state index contributed by atoms with van der Waals surface area (Å²) in [6.45, 7) is 0.520. The van der Waals surface area contributed by atoms with Gasteiger partial charge < -0.3 is 10.6 Å². The molecule has 2 aromatic carbocycles. The summed E-state index contributed by atoms with van der Waals surface area (Å²) in [5.74, 6) is 0.0997. The standard InChI is InChI=1S/C20H18N4O2/c21-17-11-13-24(19(25)22-17)20(26)23-12-10-14-6-4-5-9-16(14)18(23)15-7-2-1-3-8-15/h1-9,11,13,18H,10,12H2,(H2,21,22,25)/t18-/m0/s1. The number of anilines is 1. The number of fused-ring (bicyclic) bond motifs is 1. The molecule has 0 saturated carbocycles. The molecule has 0 bridgehead atoms. The van der Waals surface area contributed by atoms with Crippen LogP contribution >= 0.6 is 0 Å². The number of benzene rings is 2. The van der Waals surface area contributed by atoms with Crippen LogP contribution in [0.15, 0.2) is 71.7 Å². The monoisotopic (exact) mass is 346 g/mol. The number of hydrogen-bond donors (Lipinski definition) is 1. The molecule has 6 heteroatoms. The van der Waals surface area contributed by atoms with Crippen molar-refractivity contribution in [2.45, 2.75) is 12.5 Å². The predicted molar refractivity (Wildman–Crippen MR) is 98.8 cm³/mol. The van der Waals surface area contributed by atoms with E-state index in [1.165, 1.54) is 17.8 Å². The summed E-state index contributed by atoms with van der Waals surface area (Å²) in [5, 5.41) is 0. The van der Waals surface area contributed by atoms with Crippen molar-refractivity contribution < 1.29 is 4.79 Å². The molecule has 0 spiro atoms. The third-order valence-electron chi connectivity index (χ3n) is 4.68. The van der Waals surface area contributed by atoms with E-state index in [2.05, 4.69) is 11.1 Å². The normalized spacial score (nSPS) is 16.2. The summed E-state index contributed by atoms with van der Waals surface area (Å²) >= 11 is 0. The lowest BCUT2D eigenvalue weighted by Crippen LogP contribution is -2.46. The second-order valence-electron chi connectivity index (χ2n) is 6.24. The Bertz CT molecular complexity index is 1010. The van der Waals surface area contributed by atoms with Crippen LogP contribution in [0.3, 0.4) is 0 Å². The van der Waals surface area contributed by atoms with Gasteiger partial charge in [-0.2, -0.15) is 4.98 Å². The predicted octanol–water partition coefficient (Wildman–Crippen LogP) is 2.44. The van der Waals surface area contributed by atoms with E-state index in [0.717, 1.165) is 22.1 Å². The Balaban J connectivity index is 1.82. The van der Waals surface area contributed by atoms with Crippen LogP contribution < -0.4 is 11.4 Å². The molecule has 26 heavy (non-hydrogen) atoms. The first-order valence-electron chi connectivity index (χ1n) is 8.44. The molecule has 0 fully saturated rings. The molecule has 3 aromatic rings. The fourth-order valence-electron chi connectivity index (χ4n) is 3.47. The van der Waals surface area contributed by atoms with Gasteiger partial charge in [-0.1, -0.05) is 54.6 Å². The van der Waals surface area contributed by atoms with Gasteiger partial charge in [-0.25, -0.2) is 14.2 Å². The maximum Gasteiger partial charge on any atom is 0.357 e. The fourth-order valence-corrected chi connectivity index (χ4v) is 3.47. The van der Waals surface area contributed by atoms with Gasteiger partial charge in [0.15, 0.2) is 0 Å². The average Bonchev–Trinajstić information content (AvgIpc) is 2.67. The van der Waals surface area contributed by atoms with Crippen molar-refractivity contribution in [2.75, 3.05) is 12.3 Å². The summed E-state index contributed by atoms with van der Waals surface area (Å²) in [6.07, 6.45) is 2.12. The lowest BCUT2D eigenvalue weighted by atomic mass is 9.88. The average molecular weight is 346 g/mol. The lowest BCUT2D eigenvalue weighted by Gasteiger charge is -2.37. The van der Waals surface area contributed by atoms with Crippen molar-refractivity contribution >= 4 is 11.8 Å². The van der Waals surface area contributed by atoms with Crippen LogP contribution in [-0.4, -0.2) is 27.0 Å². The van der Waals surface area contributed by atoms with Crippen LogP contribution in [0, 0.1) is 0 Å². The topological polar surface area (TPSA) is 81.2 Å². The van der Waals surface area contributed by atoms with E-state index in [4.69, 9.17) is 5.73 Å². The molecule has 1 aromatic heterocycles. The Morgan fingerprint density at radius 3 is 2.54 bits per heavy atom. The molecule has 1 aliphatic rings. The van der Waals surface area contributed by atoms with E-state index in [1.54, 1.807) is 4.90 Å². The van der Waals surface area contributed by atoms with Crippen LogP contribution in [0.5, 0.6) is 0 Å². The quantitative estimate of drug-likeness (QED) is 0.734. The molecule has 2 N–H and O–H groups in total. The Kier molecular flexibility index (Phi) is 4.01. The minimum atomic E-state index is -0.666. The van der Waals surface area contributed by atoms with E-state index in [1.807, 2.05) is 48.5 Å². The van der Waals surface area contributed by atoms with E-state index in [0.29, 0.717) is 6.54 Å². The first-order valence-corrected chi connectivity index (χ1v) is 8.44. The third-order valence-corrected chi connectivity index (χ3v) is 4.68. The van der Waals surface area contributed by atoms with Gasteiger partial charge in [0.2, 0.25) is 0 Å². The van der Waals surface area contributed by atoms with E-state index in [9.17, 15) is 9.59 Å². The smallest absolute Gasteiger partial charge is 0.357 e. The highest BCUT2D eigenvalue weighted by Crippen LogP contribution is 2.35. The summed E-state index contributed by atoms with van der Waals surface area (Å²) < 4.78 is 1.01. The van der Waals surface area contributed by atoms with Crippen molar-refractivity contribution in [2.24, 2.45) is 0 Å². The maximum absolute atomic E-state index is 13.1. The molecule has 6 nitrogen and oxygen atoms in total. The Morgan fingerprint density at radius 1 is 1.04 bits per heavy atom. The second kappa shape index (κ2) is 6.48. The van der Waals surface area contributed by atoms with Crippen molar-refractivity contribution in [1.82, 2.24) is 14.5 Å². The molecule has 1 amide bonds. The second-order valence-corrected chi connectivity index (χ2v) is 6.24. The van der Waals surface area contributed by atoms with Gasteiger partial charge in [0, 0.05) is 12.7 Å². The Labute approximate surface area is 150 Å². The molecule has 4 rings (SSSR count). The van der Waals surface area contributed by atoms with Crippen molar-refractivity contribution in [3.8, 4) is 0 Å². The molecule has 1 aliphatic heterocycles. The largest absolute Gasteiger partial charge is 0.383 e. The van der Waals surface area contributed by atoms with Gasteiger partial charge in [-0.15, -0.1) is 0 Å². The highest BCUT2D eigenvalue weighted by atomic mass is 16.2. The Morgan fingerprint density at radius 2 is 1.77 bits per heavy atom. The van der Waals surface area contributed by atoms with Gasteiger partial charge in [-0.05, 0) is 29.2 Å². The number of nitrogens with zero attached hydrogens (tertiary/aromatic N) is 3. The first-order chi connectivity index (χ1) is 12.6. The number of amides is 1. The molecule has 0 unspecified atom stereocenters. The van der Waals surface area contributed by atoms with Crippen molar-refractivity contribution in [3.63, 3.8) is 0 Å². The number of carbonyl (C=O) groups excluding carboxylic acids is 1. The molecular formula is C20H18N4O2. The molecule has 1 atom stereocenters. The highest BCUT2D eigenvalue weighted by molar-refractivity contribution is 5.78. The summed E-state index contributed by atoms with van der Waals surface area (Å²) in [4.78, 5) is 30.7. The molecule has 0 saturated heterocycles. The molecule has 0 radical (unpaired) electrons. The van der Waals surface area contributed by atoms with Gasteiger partial charge in [-0.3, -0.25) is 0 Å². The zero-order valence-electron chi connectivity index (χ0n) is 14.1. The van der Waals surface area contributed by atoms with Crippen LogP contribution in [0.1, 0.15) is 22.7 Å². The number of nitrogens with two attached hydrogens (primary N) is 1.